The molecule has 0 aliphatic heterocycles. The average molecular weight is 454 g/mol. The van der Waals surface area contributed by atoms with Crippen molar-refractivity contribution in [2.24, 2.45) is 4.99 Å². The number of carbonyl (C=O) groups excluding carboxylic acids is 1. The van der Waals surface area contributed by atoms with Gasteiger partial charge in [0.25, 0.3) is 5.91 Å². The Balaban J connectivity index is 1.87. The molecule has 0 radical (unpaired) electrons. The first-order valence-electron chi connectivity index (χ1n) is 10.6. The van der Waals surface area contributed by atoms with Gasteiger partial charge in [0.05, 0.1) is 26.5 Å². The zero-order chi connectivity index (χ0) is 23.8. The average Bonchev–Trinajstić information content (AvgIpc) is 3.16. The van der Waals surface area contributed by atoms with E-state index in [9.17, 15) is 9.18 Å². The summed E-state index contributed by atoms with van der Waals surface area (Å²) in [4.78, 5) is 17.3. The molecule has 174 valence electrons. The van der Waals surface area contributed by atoms with Crippen LogP contribution in [0, 0.1) is 12.7 Å². The highest BCUT2D eigenvalue weighted by Crippen LogP contribution is 2.29. The monoisotopic (exact) mass is 453 g/mol. The highest BCUT2D eigenvalue weighted by atomic mass is 19.1. The zero-order valence-electron chi connectivity index (χ0n) is 19.2. The number of guanidine groups is 1. The molecule has 8 nitrogen and oxygen atoms in total. The lowest BCUT2D eigenvalue weighted by molar-refractivity contribution is 0.0976. The molecule has 9 heteroatoms. The maximum Gasteiger partial charge on any atom is 0.258 e. The molecule has 0 fully saturated rings. The predicted molar refractivity (Wildman–Crippen MR) is 125 cm³/mol. The van der Waals surface area contributed by atoms with Gasteiger partial charge in [0.1, 0.15) is 5.82 Å². The van der Waals surface area contributed by atoms with Crippen molar-refractivity contribution in [1.82, 2.24) is 15.1 Å². The minimum atomic E-state index is -0.493. The van der Waals surface area contributed by atoms with E-state index in [1.54, 1.807) is 32.4 Å². The van der Waals surface area contributed by atoms with E-state index in [-0.39, 0.29) is 11.5 Å². The number of hydrogen-bond acceptors (Lipinski definition) is 5. The van der Waals surface area contributed by atoms with Crippen LogP contribution >= 0.6 is 0 Å². The quantitative estimate of drug-likeness (QED) is 0.395. The molecule has 0 bridgehead atoms. The molecule has 2 N–H and O–H groups in total. The van der Waals surface area contributed by atoms with Crippen molar-refractivity contribution in [2.75, 3.05) is 19.5 Å². The summed E-state index contributed by atoms with van der Waals surface area (Å²) in [6, 6.07) is 10.7. The van der Waals surface area contributed by atoms with Crippen molar-refractivity contribution >= 4 is 17.6 Å². The Morgan fingerprint density at radius 2 is 1.94 bits per heavy atom. The van der Waals surface area contributed by atoms with Crippen LogP contribution in [0.5, 0.6) is 11.5 Å². The van der Waals surface area contributed by atoms with Gasteiger partial charge in [0.2, 0.25) is 5.96 Å². The van der Waals surface area contributed by atoms with Crippen molar-refractivity contribution in [1.29, 1.82) is 0 Å². The van der Waals surface area contributed by atoms with Crippen LogP contribution in [0.3, 0.4) is 0 Å². The number of anilines is 1. The molecular formula is C24H28FN5O3. The van der Waals surface area contributed by atoms with Gasteiger partial charge in [-0.2, -0.15) is 5.10 Å². The number of rotatable bonds is 8. The molecule has 0 spiro atoms. The van der Waals surface area contributed by atoms with Gasteiger partial charge in [-0.15, -0.1) is 0 Å². The molecule has 0 unspecified atom stereocenters. The highest BCUT2D eigenvalue weighted by Gasteiger charge is 2.13. The third kappa shape index (κ3) is 6.31. The van der Waals surface area contributed by atoms with E-state index >= 15 is 0 Å². The summed E-state index contributed by atoms with van der Waals surface area (Å²) in [5.74, 6) is 0.325. The summed E-state index contributed by atoms with van der Waals surface area (Å²) in [7, 11) is 3.09. The van der Waals surface area contributed by atoms with E-state index < -0.39 is 11.7 Å². The molecule has 1 aromatic heterocycles. The predicted octanol–water partition coefficient (Wildman–Crippen LogP) is 4.16. The molecule has 1 amide bonds. The van der Waals surface area contributed by atoms with Gasteiger partial charge in [-0.3, -0.25) is 14.8 Å². The molecular weight excluding hydrogens is 425 g/mol. The second kappa shape index (κ2) is 11.1. The highest BCUT2D eigenvalue weighted by molar-refractivity contribution is 6.10. The van der Waals surface area contributed by atoms with E-state index in [1.165, 1.54) is 24.3 Å². The first-order chi connectivity index (χ1) is 15.9. The number of nitrogens with zero attached hydrogens (tertiary/aromatic N) is 3. The van der Waals surface area contributed by atoms with Crippen molar-refractivity contribution in [3.05, 3.63) is 71.3 Å². The Kier molecular flexibility index (Phi) is 8.01. The molecule has 33 heavy (non-hydrogen) atoms. The number of benzene rings is 2. The number of ether oxygens (including phenoxy) is 2. The number of aliphatic imine (C=N–C) groups is 1. The van der Waals surface area contributed by atoms with Gasteiger partial charge < -0.3 is 14.8 Å². The van der Waals surface area contributed by atoms with Crippen LogP contribution in [0.1, 0.15) is 35.0 Å². The second-order valence-corrected chi connectivity index (χ2v) is 7.33. The van der Waals surface area contributed by atoms with Gasteiger partial charge in [-0.1, -0.05) is 13.0 Å². The van der Waals surface area contributed by atoms with Gasteiger partial charge in [-0.25, -0.2) is 9.38 Å². The first-order valence-corrected chi connectivity index (χ1v) is 10.6. The summed E-state index contributed by atoms with van der Waals surface area (Å²) in [6.07, 6.45) is 2.92. The lowest BCUT2D eigenvalue weighted by atomic mass is 10.2. The Bertz CT molecular complexity index is 1140. The minimum absolute atomic E-state index is 0.184. The smallest absolute Gasteiger partial charge is 0.258 e. The topological polar surface area (TPSA) is 89.8 Å². The lowest BCUT2D eigenvalue weighted by Gasteiger charge is -2.14. The molecule has 2 aromatic carbocycles. The van der Waals surface area contributed by atoms with Crippen LogP contribution in [-0.4, -0.2) is 35.9 Å². The fraction of sp³-hybridized carbons (Fsp3) is 0.292. The minimum Gasteiger partial charge on any atom is -0.493 e. The zero-order valence-corrected chi connectivity index (χ0v) is 19.2. The summed E-state index contributed by atoms with van der Waals surface area (Å²) < 4.78 is 26.1. The largest absolute Gasteiger partial charge is 0.493 e. The normalized spacial score (nSPS) is 11.2. The van der Waals surface area contributed by atoms with Crippen LogP contribution in [0.4, 0.5) is 10.1 Å². The van der Waals surface area contributed by atoms with Gasteiger partial charge in [0.15, 0.2) is 11.5 Å². The van der Waals surface area contributed by atoms with E-state index in [4.69, 9.17) is 9.47 Å². The van der Waals surface area contributed by atoms with Crippen molar-refractivity contribution < 1.29 is 18.7 Å². The molecule has 3 rings (SSSR count). The number of aryl methyl sites for hydroxylation is 2. The number of amides is 1. The van der Waals surface area contributed by atoms with Crippen molar-refractivity contribution in [3.8, 4) is 11.5 Å². The summed E-state index contributed by atoms with van der Waals surface area (Å²) in [6.45, 7) is 5.12. The fourth-order valence-corrected chi connectivity index (χ4v) is 3.19. The van der Waals surface area contributed by atoms with Gasteiger partial charge in [0, 0.05) is 35.6 Å². The number of methoxy groups -OCH3 is 2. The summed E-state index contributed by atoms with van der Waals surface area (Å²) in [5, 5.41) is 10.3. The van der Waals surface area contributed by atoms with Crippen LogP contribution in [0.2, 0.25) is 0 Å². The van der Waals surface area contributed by atoms with Crippen LogP contribution in [-0.2, 0) is 13.1 Å². The number of aromatic nitrogens is 2. The number of halogens is 1. The second-order valence-electron chi connectivity index (χ2n) is 7.33. The third-order valence-electron chi connectivity index (χ3n) is 4.87. The van der Waals surface area contributed by atoms with E-state index in [2.05, 4.69) is 27.6 Å². The third-order valence-corrected chi connectivity index (χ3v) is 4.87. The standard InChI is InChI=1S/C24H28FN5O3/c1-5-11-30-15-18(16(2)29-30)14-26-24(28-23(31)17-7-6-8-19(25)12-17)27-20-9-10-21(32-3)22(13-20)33-4/h6-10,12-13,15H,5,11,14H2,1-4H3,(H2,26,27,28,31). The Morgan fingerprint density at radius 1 is 1.15 bits per heavy atom. The van der Waals surface area contributed by atoms with E-state index in [1.807, 2.05) is 17.8 Å². The Hall–Kier alpha value is -3.88. The van der Waals surface area contributed by atoms with Crippen LogP contribution in [0.15, 0.2) is 53.7 Å². The van der Waals surface area contributed by atoms with Gasteiger partial charge >= 0.3 is 0 Å². The van der Waals surface area contributed by atoms with Crippen LogP contribution in [0.25, 0.3) is 0 Å². The van der Waals surface area contributed by atoms with E-state index in [0.29, 0.717) is 23.7 Å². The first kappa shape index (κ1) is 23.8. The van der Waals surface area contributed by atoms with E-state index in [0.717, 1.165) is 24.2 Å². The summed E-state index contributed by atoms with van der Waals surface area (Å²) >= 11 is 0. The fourth-order valence-electron chi connectivity index (χ4n) is 3.19. The number of nitrogens with one attached hydrogen (secondary N) is 2. The lowest BCUT2D eigenvalue weighted by Crippen LogP contribution is -2.36. The Morgan fingerprint density at radius 3 is 2.64 bits per heavy atom. The molecule has 3 aromatic rings. The Labute approximate surface area is 192 Å². The van der Waals surface area contributed by atoms with Gasteiger partial charge in [-0.05, 0) is 43.7 Å². The SMILES string of the molecule is CCCn1cc(CN=C(NC(=O)c2cccc(F)c2)Nc2ccc(OC)c(OC)c2)c(C)n1. The molecule has 0 aliphatic carbocycles. The maximum absolute atomic E-state index is 13.6. The van der Waals surface area contributed by atoms with Crippen molar-refractivity contribution in [2.45, 2.75) is 33.4 Å². The molecule has 0 atom stereocenters. The summed E-state index contributed by atoms with van der Waals surface area (Å²) in [5.41, 5.74) is 2.62. The molecule has 0 saturated heterocycles. The van der Waals surface area contributed by atoms with Crippen LogP contribution < -0.4 is 20.1 Å². The number of hydrogen-bond donors (Lipinski definition) is 2. The molecule has 0 aliphatic rings. The molecule has 1 heterocycles. The molecule has 0 saturated carbocycles. The maximum atomic E-state index is 13.6. The van der Waals surface area contributed by atoms with Crippen molar-refractivity contribution in [3.63, 3.8) is 0 Å². The number of carbonyl (C=O) groups is 1.